The van der Waals surface area contributed by atoms with Crippen LogP contribution >= 0.6 is 11.3 Å². The van der Waals surface area contributed by atoms with E-state index in [-0.39, 0.29) is 30.2 Å². The maximum atomic E-state index is 13.5. The van der Waals surface area contributed by atoms with Gasteiger partial charge in [-0.25, -0.2) is 4.39 Å². The molecule has 0 bridgehead atoms. The maximum absolute atomic E-state index is 13.5. The lowest BCUT2D eigenvalue weighted by atomic mass is 10.2. The van der Waals surface area contributed by atoms with E-state index in [4.69, 9.17) is 0 Å². The number of anilines is 2. The van der Waals surface area contributed by atoms with Crippen LogP contribution in [0.25, 0.3) is 0 Å². The Morgan fingerprint density at radius 1 is 1.13 bits per heavy atom. The van der Waals surface area contributed by atoms with Gasteiger partial charge in [0.05, 0.1) is 10.6 Å². The minimum Gasteiger partial charge on any atom is -0.326 e. The first kappa shape index (κ1) is 16.8. The van der Waals surface area contributed by atoms with Gasteiger partial charge in [0.25, 0.3) is 0 Å². The Balaban J connectivity index is 1.92. The molecule has 0 saturated carbocycles. The predicted molar refractivity (Wildman–Crippen MR) is 87.2 cm³/mol. The molecule has 5 nitrogen and oxygen atoms in total. The third-order valence-corrected chi connectivity index (χ3v) is 3.85. The summed E-state index contributed by atoms with van der Waals surface area (Å²) >= 11 is 1.33. The molecule has 0 fully saturated rings. The summed E-state index contributed by atoms with van der Waals surface area (Å²) in [5, 5.41) is 6.72. The number of rotatable bonds is 6. The first-order valence-corrected chi connectivity index (χ1v) is 7.77. The first-order valence-electron chi connectivity index (χ1n) is 6.89. The summed E-state index contributed by atoms with van der Waals surface area (Å²) in [6, 6.07) is 7.36. The molecule has 1 aromatic carbocycles. The van der Waals surface area contributed by atoms with E-state index in [2.05, 4.69) is 10.6 Å². The van der Waals surface area contributed by atoms with Gasteiger partial charge in [-0.3, -0.25) is 14.4 Å². The average Bonchev–Trinajstić information content (AvgIpc) is 3.02. The van der Waals surface area contributed by atoms with Crippen molar-refractivity contribution in [1.29, 1.82) is 0 Å². The highest BCUT2D eigenvalue weighted by atomic mass is 32.1. The van der Waals surface area contributed by atoms with Crippen LogP contribution in [0.1, 0.15) is 29.4 Å². The van der Waals surface area contributed by atoms with Gasteiger partial charge in [0.1, 0.15) is 5.82 Å². The van der Waals surface area contributed by atoms with Gasteiger partial charge in [0.15, 0.2) is 5.78 Å². The van der Waals surface area contributed by atoms with Crippen LogP contribution in [-0.2, 0) is 9.59 Å². The van der Waals surface area contributed by atoms with Gasteiger partial charge in [-0.1, -0.05) is 6.07 Å². The van der Waals surface area contributed by atoms with Crippen molar-refractivity contribution in [3.8, 4) is 0 Å². The van der Waals surface area contributed by atoms with E-state index in [1.165, 1.54) is 30.4 Å². The average molecular weight is 334 g/mol. The van der Waals surface area contributed by atoms with Crippen LogP contribution in [-0.4, -0.2) is 17.6 Å². The van der Waals surface area contributed by atoms with Crippen molar-refractivity contribution < 1.29 is 18.8 Å². The van der Waals surface area contributed by atoms with Crippen molar-refractivity contribution >= 4 is 40.3 Å². The summed E-state index contributed by atoms with van der Waals surface area (Å²) in [4.78, 5) is 35.3. The molecule has 0 aliphatic carbocycles. The predicted octanol–water partition coefficient (Wildman–Crippen LogP) is 3.45. The molecule has 1 aromatic heterocycles. The number of halogens is 1. The number of carbonyl (C=O) groups excluding carboxylic acids is 3. The van der Waals surface area contributed by atoms with E-state index < -0.39 is 11.7 Å². The number of benzene rings is 1. The highest BCUT2D eigenvalue weighted by molar-refractivity contribution is 7.12. The molecule has 120 valence electrons. The fourth-order valence-electron chi connectivity index (χ4n) is 1.90. The maximum Gasteiger partial charge on any atom is 0.224 e. The largest absolute Gasteiger partial charge is 0.326 e. The van der Waals surface area contributed by atoms with Crippen LogP contribution in [0.2, 0.25) is 0 Å². The fraction of sp³-hybridized carbons (Fsp3) is 0.188. The second-order valence-electron chi connectivity index (χ2n) is 4.82. The summed E-state index contributed by atoms with van der Waals surface area (Å²) in [7, 11) is 0. The zero-order valence-corrected chi connectivity index (χ0v) is 13.2. The molecule has 2 amide bonds. The van der Waals surface area contributed by atoms with Crippen LogP contribution < -0.4 is 10.6 Å². The third kappa shape index (κ3) is 5.00. The molecule has 0 aliphatic rings. The van der Waals surface area contributed by atoms with E-state index >= 15 is 0 Å². The second kappa shape index (κ2) is 7.64. The third-order valence-electron chi connectivity index (χ3n) is 2.94. The molecule has 0 atom stereocenters. The topological polar surface area (TPSA) is 75.3 Å². The van der Waals surface area contributed by atoms with Gasteiger partial charge in [0.2, 0.25) is 11.8 Å². The van der Waals surface area contributed by atoms with Crippen LogP contribution in [0.5, 0.6) is 0 Å². The Hall–Kier alpha value is -2.54. The molecule has 0 radical (unpaired) electrons. The molecule has 2 aromatic rings. The SMILES string of the molecule is CC(=O)Nc1cc(NC(=O)CCC(=O)c2cccs2)ccc1F. The van der Waals surface area contributed by atoms with Crippen LogP contribution in [0, 0.1) is 5.82 Å². The highest BCUT2D eigenvalue weighted by Crippen LogP contribution is 2.20. The van der Waals surface area contributed by atoms with E-state index in [0.717, 1.165) is 6.07 Å². The Morgan fingerprint density at radius 3 is 2.57 bits per heavy atom. The van der Waals surface area contributed by atoms with Crippen molar-refractivity contribution in [1.82, 2.24) is 0 Å². The molecule has 2 rings (SSSR count). The van der Waals surface area contributed by atoms with Crippen molar-refractivity contribution in [2.24, 2.45) is 0 Å². The van der Waals surface area contributed by atoms with Crippen LogP contribution in [0.4, 0.5) is 15.8 Å². The zero-order valence-electron chi connectivity index (χ0n) is 12.4. The molecule has 2 N–H and O–H groups in total. The van der Waals surface area contributed by atoms with Gasteiger partial charge < -0.3 is 10.6 Å². The smallest absolute Gasteiger partial charge is 0.224 e. The van der Waals surface area contributed by atoms with Gasteiger partial charge >= 0.3 is 0 Å². The summed E-state index contributed by atoms with van der Waals surface area (Å²) in [5.74, 6) is -1.44. The minimum atomic E-state index is -0.592. The number of hydrogen-bond donors (Lipinski definition) is 2. The van der Waals surface area contributed by atoms with Gasteiger partial charge in [-0.15, -0.1) is 11.3 Å². The van der Waals surface area contributed by atoms with Crippen molar-refractivity contribution in [3.63, 3.8) is 0 Å². The molecule has 0 saturated heterocycles. The van der Waals surface area contributed by atoms with Gasteiger partial charge in [-0.2, -0.15) is 0 Å². The van der Waals surface area contributed by atoms with Crippen LogP contribution in [0.3, 0.4) is 0 Å². The van der Waals surface area contributed by atoms with E-state index in [0.29, 0.717) is 10.6 Å². The zero-order chi connectivity index (χ0) is 16.8. The molecular weight excluding hydrogens is 319 g/mol. The Bertz CT molecular complexity index is 729. The van der Waals surface area contributed by atoms with E-state index in [9.17, 15) is 18.8 Å². The van der Waals surface area contributed by atoms with Crippen LogP contribution in [0.15, 0.2) is 35.7 Å². The molecule has 0 aliphatic heterocycles. The number of hydrogen-bond acceptors (Lipinski definition) is 4. The Morgan fingerprint density at radius 2 is 1.91 bits per heavy atom. The van der Waals surface area contributed by atoms with E-state index in [1.807, 2.05) is 0 Å². The summed E-state index contributed by atoms with van der Waals surface area (Å²) in [6.07, 6.45) is 0.135. The van der Waals surface area contributed by atoms with Gasteiger partial charge in [0, 0.05) is 25.5 Å². The molecule has 0 spiro atoms. The molecular formula is C16H15FN2O3S. The number of Topliss-reactive ketones (excluding diaryl/α,β-unsaturated/α-hetero) is 1. The lowest BCUT2D eigenvalue weighted by Crippen LogP contribution is -2.14. The number of amides is 2. The van der Waals surface area contributed by atoms with Crippen molar-refractivity contribution in [3.05, 3.63) is 46.4 Å². The Labute approximate surface area is 136 Å². The van der Waals surface area contributed by atoms with Crippen molar-refractivity contribution in [2.75, 3.05) is 10.6 Å². The fourth-order valence-corrected chi connectivity index (χ4v) is 2.59. The number of ketones is 1. The number of carbonyl (C=O) groups is 3. The number of thiophene rings is 1. The lowest BCUT2D eigenvalue weighted by molar-refractivity contribution is -0.116. The first-order chi connectivity index (χ1) is 11.0. The minimum absolute atomic E-state index is 0.00929. The summed E-state index contributed by atoms with van der Waals surface area (Å²) in [5.41, 5.74) is 0.341. The molecule has 7 heteroatoms. The van der Waals surface area contributed by atoms with Crippen molar-refractivity contribution in [2.45, 2.75) is 19.8 Å². The Kier molecular flexibility index (Phi) is 5.59. The number of nitrogens with one attached hydrogen (secondary N) is 2. The normalized spacial score (nSPS) is 10.2. The molecule has 0 unspecified atom stereocenters. The highest BCUT2D eigenvalue weighted by Gasteiger charge is 2.11. The summed E-state index contributed by atoms with van der Waals surface area (Å²) < 4.78 is 13.5. The molecule has 23 heavy (non-hydrogen) atoms. The standard InChI is InChI=1S/C16H15FN2O3S/c1-10(20)18-13-9-11(4-5-12(13)17)19-16(22)7-6-14(21)15-3-2-8-23-15/h2-5,8-9H,6-7H2,1H3,(H,18,20)(H,19,22). The monoisotopic (exact) mass is 334 g/mol. The van der Waals surface area contributed by atoms with E-state index in [1.54, 1.807) is 17.5 Å². The molecule has 1 heterocycles. The lowest BCUT2D eigenvalue weighted by Gasteiger charge is -2.08. The van der Waals surface area contributed by atoms with Gasteiger partial charge in [-0.05, 0) is 29.6 Å². The summed E-state index contributed by atoms with van der Waals surface area (Å²) in [6.45, 7) is 1.26. The second-order valence-corrected chi connectivity index (χ2v) is 5.77. The quantitative estimate of drug-likeness (QED) is 0.795.